The first-order chi connectivity index (χ1) is 9.72. The highest BCUT2D eigenvalue weighted by Crippen LogP contribution is 2.27. The monoisotopic (exact) mass is 270 g/mol. The fourth-order valence-corrected chi connectivity index (χ4v) is 2.54. The number of nitrogens with zero attached hydrogens (tertiary/aromatic N) is 2. The summed E-state index contributed by atoms with van der Waals surface area (Å²) in [6.07, 6.45) is 1.83. The van der Waals surface area contributed by atoms with Gasteiger partial charge in [-0.2, -0.15) is 0 Å². The van der Waals surface area contributed by atoms with Crippen molar-refractivity contribution in [3.63, 3.8) is 0 Å². The molecule has 1 N–H and O–H groups in total. The van der Waals surface area contributed by atoms with Crippen molar-refractivity contribution in [2.24, 2.45) is 0 Å². The smallest absolute Gasteiger partial charge is 0.115 e. The van der Waals surface area contributed by atoms with Crippen LogP contribution in [0.2, 0.25) is 0 Å². The summed E-state index contributed by atoms with van der Waals surface area (Å²) in [5.41, 5.74) is 3.20. The Bertz CT molecular complexity index is 549. The molecule has 2 heterocycles. The molecule has 20 heavy (non-hydrogen) atoms. The molecule has 1 aliphatic heterocycles. The largest absolute Gasteiger partial charge is 0.508 e. The van der Waals surface area contributed by atoms with Crippen molar-refractivity contribution in [2.45, 2.75) is 13.0 Å². The molecular weight excluding hydrogens is 252 g/mol. The van der Waals surface area contributed by atoms with E-state index in [-0.39, 0.29) is 11.9 Å². The Morgan fingerprint density at radius 3 is 3.00 bits per heavy atom. The van der Waals surface area contributed by atoms with E-state index in [9.17, 15) is 5.11 Å². The lowest BCUT2D eigenvalue weighted by Crippen LogP contribution is -2.38. The number of phenols is 1. The number of aryl methyl sites for hydroxylation is 1. The molecule has 1 aromatic carbocycles. The van der Waals surface area contributed by atoms with Gasteiger partial charge >= 0.3 is 0 Å². The van der Waals surface area contributed by atoms with E-state index in [0.717, 1.165) is 24.3 Å². The van der Waals surface area contributed by atoms with E-state index in [1.54, 1.807) is 12.1 Å². The number of hydrogen-bond donors (Lipinski definition) is 1. The number of aromatic hydroxyl groups is 1. The van der Waals surface area contributed by atoms with Crippen LogP contribution in [0.3, 0.4) is 0 Å². The molecule has 1 unspecified atom stereocenters. The van der Waals surface area contributed by atoms with Crippen LogP contribution in [-0.4, -0.2) is 29.8 Å². The summed E-state index contributed by atoms with van der Waals surface area (Å²) in [7, 11) is 0. The van der Waals surface area contributed by atoms with Crippen LogP contribution in [0, 0.1) is 6.92 Å². The highest BCUT2D eigenvalue weighted by atomic mass is 16.5. The fourth-order valence-electron chi connectivity index (χ4n) is 2.54. The number of benzene rings is 1. The predicted molar refractivity (Wildman–Crippen MR) is 78.0 cm³/mol. The van der Waals surface area contributed by atoms with Crippen LogP contribution in [0.15, 0.2) is 42.6 Å². The molecular formula is C16H18N2O2. The van der Waals surface area contributed by atoms with Gasteiger partial charge in [0.15, 0.2) is 0 Å². The maximum atomic E-state index is 9.59. The van der Waals surface area contributed by atoms with Crippen molar-refractivity contribution >= 4 is 5.69 Å². The molecule has 0 amide bonds. The number of pyridine rings is 1. The van der Waals surface area contributed by atoms with Crippen molar-refractivity contribution in [3.05, 3.63) is 53.9 Å². The predicted octanol–water partition coefficient (Wildman–Crippen LogP) is 2.67. The van der Waals surface area contributed by atoms with Gasteiger partial charge in [-0.25, -0.2) is 0 Å². The molecule has 0 bridgehead atoms. The van der Waals surface area contributed by atoms with Crippen LogP contribution in [0.5, 0.6) is 5.75 Å². The second-order valence-electron chi connectivity index (χ2n) is 5.06. The Balaban J connectivity index is 1.80. The number of hydrogen-bond acceptors (Lipinski definition) is 4. The van der Waals surface area contributed by atoms with E-state index >= 15 is 0 Å². The number of ether oxygens (including phenoxy) is 1. The molecule has 0 spiro atoms. The SMILES string of the molecule is Cc1cc(N2CCOC(c3cccc(O)c3)C2)ccn1. The zero-order valence-electron chi connectivity index (χ0n) is 11.5. The summed E-state index contributed by atoms with van der Waals surface area (Å²) in [6, 6.07) is 11.4. The van der Waals surface area contributed by atoms with Crippen molar-refractivity contribution in [2.75, 3.05) is 24.6 Å². The lowest BCUT2D eigenvalue weighted by Gasteiger charge is -2.34. The van der Waals surface area contributed by atoms with Crippen LogP contribution < -0.4 is 4.90 Å². The van der Waals surface area contributed by atoms with Crippen molar-refractivity contribution in [3.8, 4) is 5.75 Å². The van der Waals surface area contributed by atoms with Crippen LogP contribution in [0.1, 0.15) is 17.4 Å². The van der Waals surface area contributed by atoms with Crippen LogP contribution >= 0.6 is 0 Å². The van der Waals surface area contributed by atoms with Gasteiger partial charge in [0.1, 0.15) is 11.9 Å². The van der Waals surface area contributed by atoms with Gasteiger partial charge in [-0.05, 0) is 36.8 Å². The van der Waals surface area contributed by atoms with Gasteiger partial charge in [0.25, 0.3) is 0 Å². The second kappa shape index (κ2) is 5.51. The summed E-state index contributed by atoms with van der Waals surface area (Å²) in [6.45, 7) is 4.34. The lowest BCUT2D eigenvalue weighted by atomic mass is 10.1. The molecule has 4 nitrogen and oxygen atoms in total. The molecule has 0 saturated carbocycles. The van der Waals surface area contributed by atoms with Gasteiger partial charge in [-0.15, -0.1) is 0 Å². The van der Waals surface area contributed by atoms with Gasteiger partial charge in [-0.3, -0.25) is 4.98 Å². The second-order valence-corrected chi connectivity index (χ2v) is 5.06. The average Bonchev–Trinajstić information content (AvgIpc) is 2.47. The molecule has 104 valence electrons. The molecule has 0 aliphatic carbocycles. The molecule has 4 heteroatoms. The summed E-state index contributed by atoms with van der Waals surface area (Å²) in [4.78, 5) is 6.53. The minimum atomic E-state index is -0.00989. The number of rotatable bonds is 2. The minimum absolute atomic E-state index is 0.00989. The van der Waals surface area contributed by atoms with Crippen LogP contribution in [-0.2, 0) is 4.74 Å². The maximum absolute atomic E-state index is 9.59. The van der Waals surface area contributed by atoms with Gasteiger partial charge < -0.3 is 14.7 Å². The van der Waals surface area contributed by atoms with E-state index in [1.807, 2.05) is 31.3 Å². The lowest BCUT2D eigenvalue weighted by molar-refractivity contribution is 0.0396. The van der Waals surface area contributed by atoms with Crippen molar-refractivity contribution in [1.82, 2.24) is 4.98 Å². The van der Waals surface area contributed by atoms with E-state index < -0.39 is 0 Å². The molecule has 1 aromatic heterocycles. The van der Waals surface area contributed by atoms with Crippen LogP contribution in [0.25, 0.3) is 0 Å². The van der Waals surface area contributed by atoms with Crippen LogP contribution in [0.4, 0.5) is 5.69 Å². The topological polar surface area (TPSA) is 45.6 Å². The highest BCUT2D eigenvalue weighted by molar-refractivity contribution is 5.47. The average molecular weight is 270 g/mol. The minimum Gasteiger partial charge on any atom is -0.508 e. The molecule has 1 aliphatic rings. The van der Waals surface area contributed by atoms with E-state index in [4.69, 9.17) is 4.74 Å². The summed E-state index contributed by atoms with van der Waals surface area (Å²) in [5, 5.41) is 9.59. The third-order valence-electron chi connectivity index (χ3n) is 3.55. The van der Waals surface area contributed by atoms with Crippen molar-refractivity contribution < 1.29 is 9.84 Å². The summed E-state index contributed by atoms with van der Waals surface area (Å²) in [5.74, 6) is 0.281. The molecule has 3 rings (SSSR count). The first-order valence-corrected chi connectivity index (χ1v) is 6.80. The Morgan fingerprint density at radius 1 is 1.30 bits per heavy atom. The van der Waals surface area contributed by atoms with Gasteiger partial charge in [0.2, 0.25) is 0 Å². The third kappa shape index (κ3) is 2.75. The third-order valence-corrected chi connectivity index (χ3v) is 3.55. The first-order valence-electron chi connectivity index (χ1n) is 6.80. The maximum Gasteiger partial charge on any atom is 0.115 e. The summed E-state index contributed by atoms with van der Waals surface area (Å²) >= 11 is 0. The molecule has 1 atom stereocenters. The van der Waals surface area contributed by atoms with Gasteiger partial charge in [0.05, 0.1) is 6.61 Å². The Morgan fingerprint density at radius 2 is 2.20 bits per heavy atom. The number of anilines is 1. The standard InChI is InChI=1S/C16H18N2O2/c1-12-9-14(5-6-17-12)18-7-8-20-16(11-18)13-3-2-4-15(19)10-13/h2-6,9-10,16,19H,7-8,11H2,1H3. The zero-order chi connectivity index (χ0) is 13.9. The molecule has 0 radical (unpaired) electrons. The fraction of sp³-hybridized carbons (Fsp3) is 0.312. The Labute approximate surface area is 118 Å². The van der Waals surface area contributed by atoms with E-state index in [2.05, 4.69) is 16.0 Å². The van der Waals surface area contributed by atoms with Gasteiger partial charge in [0, 0.05) is 30.7 Å². The van der Waals surface area contributed by atoms with Crippen molar-refractivity contribution in [1.29, 1.82) is 0 Å². The quantitative estimate of drug-likeness (QED) is 0.911. The van der Waals surface area contributed by atoms with Gasteiger partial charge in [-0.1, -0.05) is 12.1 Å². The Kier molecular flexibility index (Phi) is 3.56. The first kappa shape index (κ1) is 12.9. The molecule has 1 fully saturated rings. The van der Waals surface area contributed by atoms with E-state index in [0.29, 0.717) is 6.61 Å². The molecule has 2 aromatic rings. The van der Waals surface area contributed by atoms with E-state index in [1.165, 1.54) is 5.69 Å². The number of aromatic nitrogens is 1. The Hall–Kier alpha value is -2.07. The number of morpholine rings is 1. The zero-order valence-corrected chi connectivity index (χ0v) is 11.5. The number of phenolic OH excluding ortho intramolecular Hbond substituents is 1. The summed E-state index contributed by atoms with van der Waals surface area (Å²) < 4.78 is 5.83. The molecule has 1 saturated heterocycles. The highest BCUT2D eigenvalue weighted by Gasteiger charge is 2.22. The normalized spacial score (nSPS) is 19.1.